The topological polar surface area (TPSA) is 68.0 Å². The van der Waals surface area contributed by atoms with Gasteiger partial charge in [0.2, 0.25) is 0 Å². The fourth-order valence-corrected chi connectivity index (χ4v) is 3.35. The number of nitrogens with zero attached hydrogens (tertiary/aromatic N) is 3. The third-order valence-corrected chi connectivity index (χ3v) is 4.97. The lowest BCUT2D eigenvalue weighted by molar-refractivity contribution is 0.0689. The highest BCUT2D eigenvalue weighted by atomic mass is 32.2. The van der Waals surface area contributed by atoms with Gasteiger partial charge in [0.1, 0.15) is 0 Å². The van der Waals surface area contributed by atoms with Crippen molar-refractivity contribution in [3.63, 3.8) is 0 Å². The zero-order valence-corrected chi connectivity index (χ0v) is 15.0. The van der Waals surface area contributed by atoms with Crippen molar-refractivity contribution in [1.82, 2.24) is 15.0 Å². The first-order valence-corrected chi connectivity index (χ1v) is 9.03. The molecule has 5 nitrogen and oxygen atoms in total. The molecule has 0 bridgehead atoms. The molecule has 0 atom stereocenters. The minimum Gasteiger partial charge on any atom is -0.476 e. The van der Waals surface area contributed by atoms with Crippen molar-refractivity contribution >= 4 is 17.7 Å². The van der Waals surface area contributed by atoms with Gasteiger partial charge < -0.3 is 5.11 Å². The number of carbonyl (C=O) groups is 1. The molecule has 3 rings (SSSR count). The second-order valence-corrected chi connectivity index (χ2v) is 6.77. The highest BCUT2D eigenvalue weighted by molar-refractivity contribution is 7.98. The zero-order chi connectivity index (χ0) is 17.8. The van der Waals surface area contributed by atoms with Gasteiger partial charge in [-0.25, -0.2) is 9.48 Å². The van der Waals surface area contributed by atoms with Gasteiger partial charge in [0.25, 0.3) is 0 Å². The number of rotatable bonds is 6. The molecule has 0 saturated carbocycles. The van der Waals surface area contributed by atoms with Crippen molar-refractivity contribution in [1.29, 1.82) is 0 Å². The standard InChI is InChI=1S/C19H19N3O2S/c1-3-14-6-8-15(9-7-14)22-17(18(19(23)24)20-21-22)12-25-16-10-4-13(2)5-11-16/h4-11H,3,12H2,1-2H3,(H,23,24). The fourth-order valence-electron chi connectivity index (χ4n) is 2.46. The molecule has 0 fully saturated rings. The van der Waals surface area contributed by atoms with Crippen LogP contribution in [0.4, 0.5) is 0 Å². The van der Waals surface area contributed by atoms with Gasteiger partial charge in [-0.05, 0) is 43.2 Å². The van der Waals surface area contributed by atoms with E-state index in [1.54, 1.807) is 16.4 Å². The summed E-state index contributed by atoms with van der Waals surface area (Å²) < 4.78 is 1.62. The van der Waals surface area contributed by atoms with Crippen LogP contribution < -0.4 is 0 Å². The van der Waals surface area contributed by atoms with Crippen LogP contribution in [0.25, 0.3) is 5.69 Å². The highest BCUT2D eigenvalue weighted by Crippen LogP contribution is 2.25. The molecule has 1 heterocycles. The van der Waals surface area contributed by atoms with Crippen molar-refractivity contribution < 1.29 is 9.90 Å². The monoisotopic (exact) mass is 353 g/mol. The number of carboxylic acids is 1. The van der Waals surface area contributed by atoms with E-state index in [-0.39, 0.29) is 5.69 Å². The van der Waals surface area contributed by atoms with Crippen LogP contribution in [-0.2, 0) is 12.2 Å². The Morgan fingerprint density at radius 2 is 1.80 bits per heavy atom. The van der Waals surface area contributed by atoms with E-state index in [1.165, 1.54) is 11.1 Å². The molecule has 25 heavy (non-hydrogen) atoms. The summed E-state index contributed by atoms with van der Waals surface area (Å²) in [5.41, 5.74) is 3.81. The van der Waals surface area contributed by atoms with E-state index in [0.717, 1.165) is 17.0 Å². The Hall–Kier alpha value is -2.60. The number of aryl methyl sites for hydroxylation is 2. The first-order chi connectivity index (χ1) is 12.1. The van der Waals surface area contributed by atoms with Gasteiger partial charge in [-0.3, -0.25) is 0 Å². The Morgan fingerprint density at radius 3 is 2.40 bits per heavy atom. The predicted octanol–water partition coefficient (Wildman–Crippen LogP) is 4.13. The summed E-state index contributed by atoms with van der Waals surface area (Å²) >= 11 is 1.57. The van der Waals surface area contributed by atoms with Crippen molar-refractivity contribution in [2.24, 2.45) is 0 Å². The Morgan fingerprint density at radius 1 is 1.12 bits per heavy atom. The molecule has 0 spiro atoms. The molecule has 2 aromatic carbocycles. The second kappa shape index (κ2) is 7.53. The first kappa shape index (κ1) is 17.2. The number of hydrogen-bond acceptors (Lipinski definition) is 4. The Balaban J connectivity index is 1.91. The maximum Gasteiger partial charge on any atom is 0.358 e. The molecule has 0 amide bonds. The molecular formula is C19H19N3O2S. The fraction of sp³-hybridized carbons (Fsp3) is 0.211. The van der Waals surface area contributed by atoms with E-state index in [9.17, 15) is 9.90 Å². The number of hydrogen-bond donors (Lipinski definition) is 1. The molecule has 0 radical (unpaired) electrons. The van der Waals surface area contributed by atoms with Gasteiger partial charge in [0.05, 0.1) is 11.4 Å². The summed E-state index contributed by atoms with van der Waals surface area (Å²) in [7, 11) is 0. The molecule has 0 aliphatic carbocycles. The molecule has 1 aromatic heterocycles. The van der Waals surface area contributed by atoms with Crippen LogP contribution in [0, 0.1) is 6.92 Å². The molecular weight excluding hydrogens is 334 g/mol. The van der Waals surface area contributed by atoms with Crippen LogP contribution in [0.15, 0.2) is 53.4 Å². The highest BCUT2D eigenvalue weighted by Gasteiger charge is 2.20. The number of benzene rings is 2. The van der Waals surface area contributed by atoms with Gasteiger partial charge >= 0.3 is 5.97 Å². The zero-order valence-electron chi connectivity index (χ0n) is 14.1. The smallest absolute Gasteiger partial charge is 0.358 e. The minimum absolute atomic E-state index is 0.000760. The maximum atomic E-state index is 11.5. The lowest BCUT2D eigenvalue weighted by Gasteiger charge is -2.08. The third kappa shape index (κ3) is 3.91. The van der Waals surface area contributed by atoms with Crippen LogP contribution in [0.2, 0.25) is 0 Å². The van der Waals surface area contributed by atoms with Crippen LogP contribution in [0.3, 0.4) is 0 Å². The van der Waals surface area contributed by atoms with E-state index in [4.69, 9.17) is 0 Å². The molecule has 0 saturated heterocycles. The van der Waals surface area contributed by atoms with Crippen molar-refractivity contribution in [3.05, 3.63) is 71.0 Å². The van der Waals surface area contributed by atoms with E-state index >= 15 is 0 Å². The summed E-state index contributed by atoms with van der Waals surface area (Å²) in [5.74, 6) is -0.580. The normalized spacial score (nSPS) is 10.8. The SMILES string of the molecule is CCc1ccc(-n2nnc(C(=O)O)c2CSc2ccc(C)cc2)cc1. The van der Waals surface area contributed by atoms with Gasteiger partial charge in [-0.15, -0.1) is 16.9 Å². The number of thioether (sulfide) groups is 1. The van der Waals surface area contributed by atoms with Gasteiger partial charge in [-0.2, -0.15) is 0 Å². The minimum atomic E-state index is -1.06. The summed E-state index contributed by atoms with van der Waals surface area (Å²) in [6.07, 6.45) is 0.953. The number of aromatic nitrogens is 3. The van der Waals surface area contributed by atoms with Crippen molar-refractivity contribution in [3.8, 4) is 5.69 Å². The van der Waals surface area contributed by atoms with E-state index < -0.39 is 5.97 Å². The third-order valence-electron chi connectivity index (χ3n) is 3.95. The number of aromatic carboxylic acids is 1. The molecule has 0 aliphatic rings. The van der Waals surface area contributed by atoms with Gasteiger partial charge in [0, 0.05) is 10.6 Å². The Labute approximate surface area is 150 Å². The summed E-state index contributed by atoms with van der Waals surface area (Å²) in [5, 5.41) is 17.3. The summed E-state index contributed by atoms with van der Waals surface area (Å²) in [4.78, 5) is 12.6. The Kier molecular flexibility index (Phi) is 5.19. The van der Waals surface area contributed by atoms with Crippen LogP contribution in [-0.4, -0.2) is 26.1 Å². The second-order valence-electron chi connectivity index (χ2n) is 5.72. The largest absolute Gasteiger partial charge is 0.476 e. The predicted molar refractivity (Wildman–Crippen MR) is 98.4 cm³/mol. The maximum absolute atomic E-state index is 11.5. The van der Waals surface area contributed by atoms with Gasteiger partial charge in [-0.1, -0.05) is 42.0 Å². The van der Waals surface area contributed by atoms with Gasteiger partial charge in [0.15, 0.2) is 5.69 Å². The summed E-state index contributed by atoms with van der Waals surface area (Å²) in [6.45, 7) is 4.13. The average molecular weight is 353 g/mol. The lowest BCUT2D eigenvalue weighted by Crippen LogP contribution is -2.06. The van der Waals surface area contributed by atoms with E-state index in [0.29, 0.717) is 11.4 Å². The van der Waals surface area contributed by atoms with Crippen LogP contribution in [0.1, 0.15) is 34.2 Å². The quantitative estimate of drug-likeness (QED) is 0.675. The molecule has 0 unspecified atom stereocenters. The van der Waals surface area contributed by atoms with Crippen molar-refractivity contribution in [2.45, 2.75) is 30.9 Å². The van der Waals surface area contributed by atoms with E-state index in [2.05, 4.69) is 17.2 Å². The van der Waals surface area contributed by atoms with Crippen LogP contribution >= 0.6 is 11.8 Å². The van der Waals surface area contributed by atoms with Crippen LogP contribution in [0.5, 0.6) is 0 Å². The molecule has 0 aliphatic heterocycles. The first-order valence-electron chi connectivity index (χ1n) is 8.05. The van der Waals surface area contributed by atoms with E-state index in [1.807, 2.05) is 55.5 Å². The molecule has 1 N–H and O–H groups in total. The summed E-state index contributed by atoms with van der Waals surface area (Å²) in [6, 6.07) is 16.1. The van der Waals surface area contributed by atoms with Crippen molar-refractivity contribution in [2.75, 3.05) is 0 Å². The average Bonchev–Trinajstić information content (AvgIpc) is 3.05. The Bertz CT molecular complexity index is 871. The molecule has 6 heteroatoms. The number of carboxylic acid groups (broad SMARTS) is 1. The molecule has 128 valence electrons. The molecule has 3 aromatic rings. The lowest BCUT2D eigenvalue weighted by atomic mass is 10.1.